The number of ether oxygens (including phenoxy) is 2. The lowest BCUT2D eigenvalue weighted by Gasteiger charge is -2.36. The molecular weight excluding hydrogens is 509 g/mol. The summed E-state index contributed by atoms with van der Waals surface area (Å²) in [6.07, 6.45) is 5.86. The van der Waals surface area contributed by atoms with E-state index in [2.05, 4.69) is 86.8 Å². The maximum atomic E-state index is 11.0. The van der Waals surface area contributed by atoms with Crippen molar-refractivity contribution in [2.45, 2.75) is 130 Å². The molecular formula is C31H58O5Si2. The van der Waals surface area contributed by atoms with E-state index in [-0.39, 0.29) is 10.1 Å². The van der Waals surface area contributed by atoms with Crippen molar-refractivity contribution in [1.29, 1.82) is 0 Å². The van der Waals surface area contributed by atoms with Crippen molar-refractivity contribution in [3.63, 3.8) is 0 Å². The fourth-order valence-corrected chi connectivity index (χ4v) is 5.71. The molecule has 0 spiro atoms. The third-order valence-corrected chi connectivity index (χ3v) is 17.4. The predicted octanol–water partition coefficient (Wildman–Crippen LogP) is 8.96. The second-order valence-electron chi connectivity index (χ2n) is 13.5. The summed E-state index contributed by atoms with van der Waals surface area (Å²) in [7, 11) is -0.272. The van der Waals surface area contributed by atoms with Gasteiger partial charge in [0.15, 0.2) is 16.6 Å². The zero-order valence-corrected chi connectivity index (χ0v) is 28.8. The van der Waals surface area contributed by atoms with E-state index in [1.807, 2.05) is 6.08 Å². The second kappa shape index (κ2) is 14.5. The molecule has 220 valence electrons. The molecule has 1 N–H and O–H groups in total. The van der Waals surface area contributed by atoms with Crippen LogP contribution in [0.25, 0.3) is 5.57 Å². The molecule has 0 fully saturated rings. The van der Waals surface area contributed by atoms with E-state index >= 15 is 0 Å². The van der Waals surface area contributed by atoms with Gasteiger partial charge in [-0.3, -0.25) is 0 Å². The van der Waals surface area contributed by atoms with E-state index in [9.17, 15) is 5.11 Å². The zero-order chi connectivity index (χ0) is 29.4. The quantitative estimate of drug-likeness (QED) is 0.170. The maximum Gasteiger partial charge on any atom is 0.192 e. The Balaban J connectivity index is 3.17. The van der Waals surface area contributed by atoms with Gasteiger partial charge in [0, 0.05) is 6.61 Å². The normalized spacial score (nSPS) is 14.5. The molecule has 1 rings (SSSR count). The Hall–Kier alpha value is -1.13. The molecule has 0 unspecified atom stereocenters. The van der Waals surface area contributed by atoms with Crippen molar-refractivity contribution in [2.75, 3.05) is 20.8 Å². The summed E-state index contributed by atoms with van der Waals surface area (Å²) >= 11 is 0. The molecule has 0 bridgehead atoms. The smallest absolute Gasteiger partial charge is 0.192 e. The molecule has 1 aromatic rings. The molecule has 7 heteroatoms. The van der Waals surface area contributed by atoms with Gasteiger partial charge in [0.25, 0.3) is 0 Å². The molecule has 38 heavy (non-hydrogen) atoms. The summed E-state index contributed by atoms with van der Waals surface area (Å²) in [4.78, 5) is 0. The molecule has 5 nitrogen and oxygen atoms in total. The molecule has 0 saturated heterocycles. The van der Waals surface area contributed by atoms with E-state index in [0.717, 1.165) is 53.9 Å². The Labute approximate surface area is 236 Å². The number of allylic oxidation sites excluding steroid dienone is 1. The lowest BCUT2D eigenvalue weighted by Crippen LogP contribution is -2.41. The molecule has 0 aromatic heterocycles. The molecule has 0 saturated carbocycles. The first-order chi connectivity index (χ1) is 17.4. The van der Waals surface area contributed by atoms with E-state index in [4.69, 9.17) is 18.3 Å². The molecule has 0 amide bonds. The number of hydrogen-bond donors (Lipinski definition) is 1. The third kappa shape index (κ3) is 10.1. The van der Waals surface area contributed by atoms with Crippen LogP contribution in [-0.4, -0.2) is 48.7 Å². The Morgan fingerprint density at radius 2 is 1.37 bits per heavy atom. The van der Waals surface area contributed by atoms with Crippen molar-refractivity contribution in [3.8, 4) is 11.5 Å². The number of hydrogen-bond acceptors (Lipinski definition) is 5. The summed E-state index contributed by atoms with van der Waals surface area (Å²) in [5, 5.41) is 11.3. The van der Waals surface area contributed by atoms with Crippen LogP contribution >= 0.6 is 0 Å². The minimum Gasteiger partial charge on any atom is -0.496 e. The molecule has 1 aromatic carbocycles. The standard InChI is InChI=1S/C31H58O5Si2/c1-14-15-17-25(22-26(32)18-16-19-35-37(10,11)30(2,3)4)29-27(33-8)20-24(21-28(29)34-9)23-36-38(12,13)31(5,6)7/h20-22,26,32H,14-19,23H2,1-13H3/b25-22+/t26-/m1/s1. The van der Waals surface area contributed by atoms with Crippen LogP contribution < -0.4 is 9.47 Å². The first kappa shape index (κ1) is 34.9. The monoisotopic (exact) mass is 566 g/mol. The fraction of sp³-hybridized carbons (Fsp3) is 0.742. The summed E-state index contributed by atoms with van der Waals surface area (Å²) in [5.41, 5.74) is 3.02. The van der Waals surface area contributed by atoms with Gasteiger partial charge >= 0.3 is 0 Å². The Morgan fingerprint density at radius 3 is 1.82 bits per heavy atom. The molecule has 0 aliphatic carbocycles. The highest BCUT2D eigenvalue weighted by molar-refractivity contribution is 6.74. The molecule has 0 radical (unpaired) electrons. The van der Waals surface area contributed by atoms with E-state index in [0.29, 0.717) is 19.6 Å². The van der Waals surface area contributed by atoms with Crippen LogP contribution in [0.3, 0.4) is 0 Å². The minimum absolute atomic E-state index is 0.142. The first-order valence-electron chi connectivity index (χ1n) is 14.3. The average molecular weight is 567 g/mol. The Morgan fingerprint density at radius 1 is 0.868 bits per heavy atom. The van der Waals surface area contributed by atoms with Crippen molar-refractivity contribution >= 4 is 22.2 Å². The molecule has 0 aliphatic heterocycles. The van der Waals surface area contributed by atoms with Crippen molar-refractivity contribution in [1.82, 2.24) is 0 Å². The highest BCUT2D eigenvalue weighted by Crippen LogP contribution is 2.41. The highest BCUT2D eigenvalue weighted by atomic mass is 28.4. The third-order valence-electron chi connectivity index (χ3n) is 8.40. The van der Waals surface area contributed by atoms with Crippen LogP contribution in [-0.2, 0) is 15.5 Å². The van der Waals surface area contributed by atoms with Crippen LogP contribution in [0.15, 0.2) is 18.2 Å². The van der Waals surface area contributed by atoms with Crippen molar-refractivity contribution < 1.29 is 23.4 Å². The number of rotatable bonds is 15. The summed E-state index contributed by atoms with van der Waals surface area (Å²) in [6, 6.07) is 4.12. The molecule has 0 heterocycles. The van der Waals surface area contributed by atoms with Gasteiger partial charge in [-0.1, -0.05) is 61.0 Å². The number of aliphatic hydroxyl groups is 1. The van der Waals surface area contributed by atoms with Gasteiger partial charge in [0.05, 0.1) is 32.5 Å². The van der Waals surface area contributed by atoms with E-state index in [1.165, 1.54) is 0 Å². The minimum atomic E-state index is -1.89. The van der Waals surface area contributed by atoms with Crippen molar-refractivity contribution in [3.05, 3.63) is 29.3 Å². The number of methoxy groups -OCH3 is 2. The zero-order valence-electron chi connectivity index (χ0n) is 26.8. The van der Waals surface area contributed by atoms with Gasteiger partial charge < -0.3 is 23.4 Å². The SMILES string of the molecule is CCCC/C(=C\[C@H](O)CCCO[Si](C)(C)C(C)(C)C)c1c(OC)cc(CO[Si](C)(C)C(C)(C)C)cc1OC. The van der Waals surface area contributed by atoms with Gasteiger partial charge in [0.1, 0.15) is 11.5 Å². The van der Waals surface area contributed by atoms with Crippen molar-refractivity contribution in [2.24, 2.45) is 0 Å². The number of unbranched alkanes of at least 4 members (excludes halogenated alkanes) is 1. The number of aliphatic hydroxyl groups excluding tert-OH is 1. The summed E-state index contributed by atoms with van der Waals surface area (Å²) in [5.74, 6) is 1.52. The van der Waals surface area contributed by atoms with E-state index < -0.39 is 22.7 Å². The Kier molecular flexibility index (Phi) is 13.3. The van der Waals surface area contributed by atoms with Crippen LogP contribution in [0.5, 0.6) is 11.5 Å². The number of benzene rings is 1. The first-order valence-corrected chi connectivity index (χ1v) is 20.1. The van der Waals surface area contributed by atoms with Gasteiger partial charge in [0.2, 0.25) is 0 Å². The molecule has 1 atom stereocenters. The van der Waals surface area contributed by atoms with Gasteiger partial charge in [-0.25, -0.2) is 0 Å². The maximum absolute atomic E-state index is 11.0. The highest BCUT2D eigenvalue weighted by Gasteiger charge is 2.38. The van der Waals surface area contributed by atoms with Crippen LogP contribution in [0, 0.1) is 0 Å². The lowest BCUT2D eigenvalue weighted by molar-refractivity contribution is 0.191. The fourth-order valence-electron chi connectivity index (χ4n) is 3.66. The lowest BCUT2D eigenvalue weighted by atomic mass is 9.94. The van der Waals surface area contributed by atoms with Gasteiger partial charge in [-0.15, -0.1) is 0 Å². The Bertz CT molecular complexity index is 870. The van der Waals surface area contributed by atoms with Gasteiger partial charge in [-0.2, -0.15) is 0 Å². The topological polar surface area (TPSA) is 57.2 Å². The largest absolute Gasteiger partial charge is 0.496 e. The van der Waals surface area contributed by atoms with Crippen LogP contribution in [0.1, 0.15) is 91.7 Å². The molecule has 0 aliphatic rings. The van der Waals surface area contributed by atoms with Crippen LogP contribution in [0.4, 0.5) is 0 Å². The summed E-state index contributed by atoms with van der Waals surface area (Å²) < 4.78 is 24.5. The predicted molar refractivity (Wildman–Crippen MR) is 167 cm³/mol. The van der Waals surface area contributed by atoms with Gasteiger partial charge in [-0.05, 0) is 85.2 Å². The van der Waals surface area contributed by atoms with E-state index in [1.54, 1.807) is 14.2 Å². The van der Waals surface area contributed by atoms with Crippen LogP contribution in [0.2, 0.25) is 36.3 Å². The summed E-state index contributed by atoms with van der Waals surface area (Å²) in [6.45, 7) is 26.0. The second-order valence-corrected chi connectivity index (χ2v) is 23.2. The average Bonchev–Trinajstić information content (AvgIpc) is 2.81.